The summed E-state index contributed by atoms with van der Waals surface area (Å²) in [5, 5.41) is 8.39. The van der Waals surface area contributed by atoms with Crippen LogP contribution >= 0.6 is 11.6 Å². The van der Waals surface area contributed by atoms with E-state index in [4.69, 9.17) is 16.3 Å². The van der Waals surface area contributed by atoms with E-state index in [-0.39, 0.29) is 23.5 Å². The Bertz CT molecular complexity index is 1770. The van der Waals surface area contributed by atoms with Gasteiger partial charge in [0.05, 0.1) is 16.7 Å². The first kappa shape index (κ1) is 28.7. The zero-order valence-corrected chi connectivity index (χ0v) is 23.8. The molecule has 1 aliphatic rings. The lowest BCUT2D eigenvalue weighted by Gasteiger charge is -2.30. The molecule has 3 aromatic carbocycles. The number of benzene rings is 3. The number of hydrogen-bond acceptors (Lipinski definition) is 5. The predicted octanol–water partition coefficient (Wildman–Crippen LogP) is 8.19. The average molecular weight is 605 g/mol. The van der Waals surface area contributed by atoms with Gasteiger partial charge < -0.3 is 15.4 Å². The smallest absolute Gasteiger partial charge is 0.433 e. The molecule has 6 nitrogen and oxygen atoms in total. The topological polar surface area (TPSA) is 76.1 Å². The van der Waals surface area contributed by atoms with Crippen molar-refractivity contribution >= 4 is 45.0 Å². The van der Waals surface area contributed by atoms with Crippen molar-refractivity contribution in [3.8, 4) is 5.75 Å². The highest BCUT2D eigenvalue weighted by atomic mass is 35.5. The van der Waals surface area contributed by atoms with Crippen LogP contribution in [-0.4, -0.2) is 28.0 Å². The van der Waals surface area contributed by atoms with Gasteiger partial charge >= 0.3 is 6.18 Å². The normalized spacial score (nSPS) is 17.1. The van der Waals surface area contributed by atoms with Gasteiger partial charge in [-0.25, -0.2) is 9.97 Å². The lowest BCUT2D eigenvalue weighted by atomic mass is 9.90. The van der Waals surface area contributed by atoms with Crippen molar-refractivity contribution in [3.05, 3.63) is 107 Å². The van der Waals surface area contributed by atoms with E-state index < -0.39 is 11.9 Å². The molecule has 220 valence electrons. The van der Waals surface area contributed by atoms with E-state index in [1.165, 1.54) is 12.1 Å². The lowest BCUT2D eigenvalue weighted by Crippen LogP contribution is -2.40. The Balaban J connectivity index is 1.02. The molecule has 0 spiro atoms. The number of aromatic nitrogens is 2. The SMILES string of the molecule is O=C(NC1CCC(Nc2cc(C(F)(F)F)nc3ccc(Cl)cc23)CC1)c1ccc(OCc2ccc3ccccc3n2)cc1. The maximum Gasteiger partial charge on any atom is 0.433 e. The van der Waals surface area contributed by atoms with Crippen molar-refractivity contribution in [1.29, 1.82) is 0 Å². The zero-order valence-electron chi connectivity index (χ0n) is 23.0. The van der Waals surface area contributed by atoms with Gasteiger partial charge in [-0.1, -0.05) is 35.9 Å². The monoisotopic (exact) mass is 604 g/mol. The quantitative estimate of drug-likeness (QED) is 0.196. The molecule has 2 N–H and O–H groups in total. The van der Waals surface area contributed by atoms with Crippen molar-refractivity contribution in [2.24, 2.45) is 0 Å². The molecule has 10 heteroatoms. The predicted molar refractivity (Wildman–Crippen MR) is 161 cm³/mol. The molecule has 1 amide bonds. The Morgan fingerprint density at radius 3 is 2.37 bits per heavy atom. The number of carbonyl (C=O) groups is 1. The molecule has 5 aromatic rings. The van der Waals surface area contributed by atoms with Crippen LogP contribution in [-0.2, 0) is 12.8 Å². The third-order valence-electron chi connectivity index (χ3n) is 7.64. The lowest BCUT2D eigenvalue weighted by molar-refractivity contribution is -0.140. The molecule has 43 heavy (non-hydrogen) atoms. The molecule has 0 radical (unpaired) electrons. The number of rotatable bonds is 7. The zero-order chi connectivity index (χ0) is 30.0. The number of nitrogens with one attached hydrogen (secondary N) is 2. The van der Waals surface area contributed by atoms with Crippen LogP contribution in [0.15, 0.2) is 84.9 Å². The molecular formula is C33H28ClF3N4O2. The summed E-state index contributed by atoms with van der Waals surface area (Å²) in [7, 11) is 0. The van der Waals surface area contributed by atoms with Gasteiger partial charge in [-0.2, -0.15) is 13.2 Å². The number of pyridine rings is 2. The van der Waals surface area contributed by atoms with Gasteiger partial charge in [-0.3, -0.25) is 4.79 Å². The molecule has 0 aliphatic heterocycles. The molecular weight excluding hydrogens is 577 g/mol. The van der Waals surface area contributed by atoms with Crippen molar-refractivity contribution in [2.75, 3.05) is 5.32 Å². The summed E-state index contributed by atoms with van der Waals surface area (Å²) in [6.45, 7) is 0.313. The van der Waals surface area contributed by atoms with Gasteiger partial charge in [0.2, 0.25) is 0 Å². The fourth-order valence-corrected chi connectivity index (χ4v) is 5.55. The minimum Gasteiger partial charge on any atom is -0.487 e. The summed E-state index contributed by atoms with van der Waals surface area (Å²) >= 11 is 6.12. The number of para-hydroxylation sites is 1. The minimum atomic E-state index is -4.56. The number of hydrogen-bond donors (Lipinski definition) is 2. The van der Waals surface area contributed by atoms with E-state index >= 15 is 0 Å². The molecule has 6 rings (SSSR count). The molecule has 1 saturated carbocycles. The molecule has 2 aromatic heterocycles. The standard InChI is InChI=1S/C33H28ClF3N4O2/c34-22-8-16-29-27(17-22)30(18-31(41-29)33(35,36)37)38-23-10-12-24(13-11-23)40-32(42)21-6-14-26(15-7-21)43-19-25-9-5-20-3-1-2-4-28(20)39-25/h1-9,14-18,23-24H,10-13,19H2,(H,38,41)(H,40,42). The van der Waals surface area contributed by atoms with Crippen LogP contribution in [0.1, 0.15) is 47.4 Å². The van der Waals surface area contributed by atoms with E-state index in [0.29, 0.717) is 59.7 Å². The third kappa shape index (κ3) is 6.83. The van der Waals surface area contributed by atoms with E-state index in [9.17, 15) is 18.0 Å². The second-order valence-electron chi connectivity index (χ2n) is 10.7. The van der Waals surface area contributed by atoms with Crippen LogP contribution in [0.25, 0.3) is 21.8 Å². The summed E-state index contributed by atoms with van der Waals surface area (Å²) < 4.78 is 46.3. The summed E-state index contributed by atoms with van der Waals surface area (Å²) in [4.78, 5) is 21.3. The Morgan fingerprint density at radius 2 is 1.60 bits per heavy atom. The van der Waals surface area contributed by atoms with Crippen LogP contribution < -0.4 is 15.4 Å². The third-order valence-corrected chi connectivity index (χ3v) is 7.88. The fraction of sp³-hybridized carbons (Fsp3) is 0.242. The Hall–Kier alpha value is -4.37. The van der Waals surface area contributed by atoms with Crippen molar-refractivity contribution in [3.63, 3.8) is 0 Å². The Labute approximate surface area is 251 Å². The Morgan fingerprint density at radius 1 is 0.860 bits per heavy atom. The molecule has 0 bridgehead atoms. The molecule has 0 saturated heterocycles. The van der Waals surface area contributed by atoms with Crippen molar-refractivity contribution in [2.45, 2.75) is 50.6 Å². The van der Waals surface area contributed by atoms with Crippen LogP contribution in [0.4, 0.5) is 18.9 Å². The maximum atomic E-state index is 13.5. The number of anilines is 1. The van der Waals surface area contributed by atoms with Gasteiger partial charge in [0.15, 0.2) is 0 Å². The minimum absolute atomic E-state index is 0.0326. The largest absolute Gasteiger partial charge is 0.487 e. The number of amides is 1. The van der Waals surface area contributed by atoms with E-state index in [1.54, 1.807) is 30.3 Å². The molecule has 1 aliphatic carbocycles. The van der Waals surface area contributed by atoms with Gasteiger partial charge in [0.1, 0.15) is 18.1 Å². The summed E-state index contributed by atoms with van der Waals surface area (Å²) in [5.41, 5.74) is 1.87. The number of fused-ring (bicyclic) bond motifs is 2. The first-order valence-electron chi connectivity index (χ1n) is 14.0. The molecule has 1 fully saturated rings. The number of carbonyl (C=O) groups excluding carboxylic acids is 1. The van der Waals surface area contributed by atoms with Crippen LogP contribution in [0, 0.1) is 0 Å². The van der Waals surface area contributed by atoms with Crippen LogP contribution in [0.3, 0.4) is 0 Å². The average Bonchev–Trinajstić information content (AvgIpc) is 3.00. The van der Waals surface area contributed by atoms with Crippen LogP contribution in [0.5, 0.6) is 5.75 Å². The molecule has 2 heterocycles. The summed E-state index contributed by atoms with van der Waals surface area (Å²) in [6, 6.07) is 24.4. The van der Waals surface area contributed by atoms with E-state index in [2.05, 4.69) is 20.6 Å². The summed E-state index contributed by atoms with van der Waals surface area (Å²) in [5.74, 6) is 0.459. The number of halogens is 4. The van der Waals surface area contributed by atoms with E-state index in [1.807, 2.05) is 36.4 Å². The van der Waals surface area contributed by atoms with E-state index in [0.717, 1.165) is 22.7 Å². The maximum absolute atomic E-state index is 13.5. The van der Waals surface area contributed by atoms with Gasteiger partial charge in [0.25, 0.3) is 5.91 Å². The highest BCUT2D eigenvalue weighted by molar-refractivity contribution is 6.31. The van der Waals surface area contributed by atoms with Gasteiger partial charge in [-0.05, 0) is 86.3 Å². The number of ether oxygens (including phenoxy) is 1. The second-order valence-corrected chi connectivity index (χ2v) is 11.1. The van der Waals surface area contributed by atoms with Crippen molar-refractivity contribution < 1.29 is 22.7 Å². The number of alkyl halides is 3. The second kappa shape index (κ2) is 12.1. The number of nitrogens with zero attached hydrogens (tertiary/aromatic N) is 2. The first-order valence-corrected chi connectivity index (χ1v) is 14.4. The van der Waals surface area contributed by atoms with Crippen LogP contribution in [0.2, 0.25) is 5.02 Å². The highest BCUT2D eigenvalue weighted by Gasteiger charge is 2.34. The van der Waals surface area contributed by atoms with Gasteiger partial charge in [0, 0.05) is 39.1 Å². The highest BCUT2D eigenvalue weighted by Crippen LogP contribution is 2.35. The summed E-state index contributed by atoms with van der Waals surface area (Å²) in [6.07, 6.45) is -1.80. The van der Waals surface area contributed by atoms with Gasteiger partial charge in [-0.15, -0.1) is 0 Å². The Kier molecular flexibility index (Phi) is 8.08. The first-order chi connectivity index (χ1) is 20.7. The van der Waals surface area contributed by atoms with Crippen molar-refractivity contribution in [1.82, 2.24) is 15.3 Å². The molecule has 0 unspecified atom stereocenters. The fourth-order valence-electron chi connectivity index (χ4n) is 5.38. The molecule has 0 atom stereocenters.